The second-order valence-corrected chi connectivity index (χ2v) is 6.53. The van der Waals surface area contributed by atoms with Crippen LogP contribution in [0.1, 0.15) is 36.8 Å². The molecule has 1 N–H and O–H groups in total. The Morgan fingerprint density at radius 2 is 2.32 bits per heavy atom. The Morgan fingerprint density at radius 3 is 3.18 bits per heavy atom. The first kappa shape index (κ1) is 15.3. The van der Waals surface area contributed by atoms with Crippen molar-refractivity contribution >= 4 is 5.97 Å². The number of piperidine rings is 1. The van der Waals surface area contributed by atoms with E-state index in [1.165, 1.54) is 24.0 Å². The topological polar surface area (TPSA) is 49.8 Å². The van der Waals surface area contributed by atoms with Crippen LogP contribution in [0.25, 0.3) is 0 Å². The van der Waals surface area contributed by atoms with Gasteiger partial charge < -0.3 is 14.7 Å². The highest BCUT2D eigenvalue weighted by Gasteiger charge is 2.20. The Labute approximate surface area is 132 Å². The van der Waals surface area contributed by atoms with Gasteiger partial charge in [-0.15, -0.1) is 0 Å². The van der Waals surface area contributed by atoms with Gasteiger partial charge in [-0.1, -0.05) is 12.1 Å². The number of carboxylic acid groups (broad SMARTS) is 1. The van der Waals surface area contributed by atoms with Crippen molar-refractivity contribution in [3.05, 3.63) is 29.3 Å². The van der Waals surface area contributed by atoms with E-state index in [1.54, 1.807) is 0 Å². The number of fused-ring (bicyclic) bond motifs is 1. The zero-order valence-corrected chi connectivity index (χ0v) is 13.1. The monoisotopic (exact) mass is 303 g/mol. The zero-order valence-electron chi connectivity index (χ0n) is 13.1. The summed E-state index contributed by atoms with van der Waals surface area (Å²) in [5.41, 5.74) is 2.73. The average molecular weight is 303 g/mol. The van der Waals surface area contributed by atoms with Crippen molar-refractivity contribution in [1.82, 2.24) is 4.90 Å². The van der Waals surface area contributed by atoms with Gasteiger partial charge in [0.25, 0.3) is 0 Å². The minimum absolute atomic E-state index is 0.309. The molecule has 1 unspecified atom stereocenters. The third kappa shape index (κ3) is 4.01. The molecule has 1 fully saturated rings. The first-order chi connectivity index (χ1) is 10.7. The molecule has 1 aromatic rings. The lowest BCUT2D eigenvalue weighted by molar-refractivity contribution is -0.137. The number of hydrogen-bond donors (Lipinski definition) is 1. The third-order valence-corrected chi connectivity index (χ3v) is 4.84. The summed E-state index contributed by atoms with van der Waals surface area (Å²) >= 11 is 0. The number of nitrogens with zero attached hydrogens (tertiary/aromatic N) is 1. The standard InChI is InChI=1S/C18H25NO3/c20-18(21)6-4-15-2-1-9-19(13-15)10-7-14-3-5-17-16(12-14)8-11-22-17/h3,5,12,15H,1-2,4,6-11,13H2,(H,20,21). The summed E-state index contributed by atoms with van der Waals surface area (Å²) in [6.45, 7) is 4.10. The molecule has 1 aromatic carbocycles. The molecule has 4 nitrogen and oxygen atoms in total. The number of benzene rings is 1. The zero-order chi connectivity index (χ0) is 15.4. The molecule has 2 aliphatic rings. The van der Waals surface area contributed by atoms with E-state index in [4.69, 9.17) is 9.84 Å². The van der Waals surface area contributed by atoms with Crippen molar-refractivity contribution in [2.45, 2.75) is 38.5 Å². The number of ether oxygens (including phenoxy) is 1. The van der Waals surface area contributed by atoms with Crippen LogP contribution in [-0.2, 0) is 17.6 Å². The predicted molar refractivity (Wildman–Crippen MR) is 85.4 cm³/mol. The fraction of sp³-hybridized carbons (Fsp3) is 0.611. The first-order valence-electron chi connectivity index (χ1n) is 8.39. The van der Waals surface area contributed by atoms with Crippen LogP contribution in [0.3, 0.4) is 0 Å². The van der Waals surface area contributed by atoms with Gasteiger partial charge in [-0.25, -0.2) is 0 Å². The molecule has 0 aromatic heterocycles. The molecule has 120 valence electrons. The van der Waals surface area contributed by atoms with Gasteiger partial charge in [0.15, 0.2) is 0 Å². The lowest BCUT2D eigenvalue weighted by Gasteiger charge is -2.32. The van der Waals surface area contributed by atoms with E-state index in [1.807, 2.05) is 0 Å². The molecular weight excluding hydrogens is 278 g/mol. The van der Waals surface area contributed by atoms with E-state index >= 15 is 0 Å². The van der Waals surface area contributed by atoms with Crippen molar-refractivity contribution in [2.24, 2.45) is 5.92 Å². The number of carboxylic acids is 1. The highest BCUT2D eigenvalue weighted by molar-refractivity contribution is 5.66. The van der Waals surface area contributed by atoms with Crippen LogP contribution in [0.2, 0.25) is 0 Å². The Bertz CT molecular complexity index is 529. The molecule has 0 bridgehead atoms. The minimum atomic E-state index is -0.669. The number of rotatable bonds is 6. The van der Waals surface area contributed by atoms with Gasteiger partial charge in [0.05, 0.1) is 6.61 Å². The van der Waals surface area contributed by atoms with Crippen LogP contribution in [0.15, 0.2) is 18.2 Å². The lowest BCUT2D eigenvalue weighted by Crippen LogP contribution is -2.36. The molecule has 0 radical (unpaired) electrons. The highest BCUT2D eigenvalue weighted by Crippen LogP contribution is 2.26. The Morgan fingerprint density at radius 1 is 1.41 bits per heavy atom. The van der Waals surface area contributed by atoms with Gasteiger partial charge in [-0.2, -0.15) is 0 Å². The maximum Gasteiger partial charge on any atom is 0.303 e. The Balaban J connectivity index is 1.47. The van der Waals surface area contributed by atoms with Gasteiger partial charge in [-0.05, 0) is 55.3 Å². The van der Waals surface area contributed by atoms with Crippen molar-refractivity contribution in [1.29, 1.82) is 0 Å². The molecule has 0 spiro atoms. The second kappa shape index (κ2) is 7.14. The molecule has 2 heterocycles. The normalized spacial score (nSPS) is 21.4. The SMILES string of the molecule is O=C(O)CCC1CCCN(CCc2ccc3c(c2)CCO3)C1. The van der Waals surface area contributed by atoms with E-state index in [2.05, 4.69) is 23.1 Å². The van der Waals surface area contributed by atoms with Crippen LogP contribution >= 0.6 is 0 Å². The molecule has 0 aliphatic carbocycles. The van der Waals surface area contributed by atoms with Crippen LogP contribution < -0.4 is 4.74 Å². The average Bonchev–Trinajstić information content (AvgIpc) is 2.99. The molecule has 0 amide bonds. The van der Waals surface area contributed by atoms with Crippen LogP contribution in [-0.4, -0.2) is 42.2 Å². The van der Waals surface area contributed by atoms with Gasteiger partial charge in [0, 0.05) is 25.9 Å². The largest absolute Gasteiger partial charge is 0.493 e. The van der Waals surface area contributed by atoms with Crippen molar-refractivity contribution in [3.63, 3.8) is 0 Å². The molecule has 22 heavy (non-hydrogen) atoms. The second-order valence-electron chi connectivity index (χ2n) is 6.53. The summed E-state index contributed by atoms with van der Waals surface area (Å²) in [4.78, 5) is 13.2. The Kier molecular flexibility index (Phi) is 4.98. The maximum absolute atomic E-state index is 10.7. The maximum atomic E-state index is 10.7. The van der Waals surface area contributed by atoms with Crippen molar-refractivity contribution < 1.29 is 14.6 Å². The van der Waals surface area contributed by atoms with E-state index in [0.717, 1.165) is 51.3 Å². The Hall–Kier alpha value is -1.55. The number of hydrogen-bond acceptors (Lipinski definition) is 3. The fourth-order valence-electron chi connectivity index (χ4n) is 3.60. The molecule has 2 aliphatic heterocycles. The third-order valence-electron chi connectivity index (χ3n) is 4.84. The summed E-state index contributed by atoms with van der Waals surface area (Å²) in [6.07, 6.45) is 5.61. The first-order valence-corrected chi connectivity index (χ1v) is 8.39. The molecule has 3 rings (SSSR count). The fourth-order valence-corrected chi connectivity index (χ4v) is 3.60. The highest BCUT2D eigenvalue weighted by atomic mass is 16.5. The van der Waals surface area contributed by atoms with Gasteiger partial charge in [-0.3, -0.25) is 4.79 Å². The molecule has 0 saturated carbocycles. The number of aliphatic carboxylic acids is 1. The number of likely N-dealkylation sites (tertiary alicyclic amines) is 1. The van der Waals surface area contributed by atoms with E-state index in [9.17, 15) is 4.79 Å². The molecular formula is C18H25NO3. The quantitative estimate of drug-likeness (QED) is 0.878. The molecule has 4 heteroatoms. The molecule has 1 saturated heterocycles. The van der Waals surface area contributed by atoms with Crippen LogP contribution in [0.4, 0.5) is 0 Å². The summed E-state index contributed by atoms with van der Waals surface area (Å²) < 4.78 is 5.55. The van der Waals surface area contributed by atoms with E-state index in [0.29, 0.717) is 12.3 Å². The lowest BCUT2D eigenvalue weighted by atomic mass is 9.93. The van der Waals surface area contributed by atoms with Gasteiger partial charge >= 0.3 is 5.97 Å². The van der Waals surface area contributed by atoms with Crippen molar-refractivity contribution in [3.8, 4) is 5.75 Å². The van der Waals surface area contributed by atoms with Gasteiger partial charge in [0.2, 0.25) is 0 Å². The predicted octanol–water partition coefficient (Wildman–Crippen LogP) is 2.74. The number of carbonyl (C=O) groups is 1. The van der Waals surface area contributed by atoms with Crippen LogP contribution in [0.5, 0.6) is 5.75 Å². The summed E-state index contributed by atoms with van der Waals surface area (Å²) in [7, 11) is 0. The van der Waals surface area contributed by atoms with E-state index in [-0.39, 0.29) is 0 Å². The smallest absolute Gasteiger partial charge is 0.303 e. The minimum Gasteiger partial charge on any atom is -0.493 e. The summed E-state index contributed by atoms with van der Waals surface area (Å²) in [5.74, 6) is 0.936. The van der Waals surface area contributed by atoms with E-state index < -0.39 is 5.97 Å². The van der Waals surface area contributed by atoms with Crippen LogP contribution in [0, 0.1) is 5.92 Å². The van der Waals surface area contributed by atoms with Crippen molar-refractivity contribution in [2.75, 3.05) is 26.2 Å². The molecule has 1 atom stereocenters. The van der Waals surface area contributed by atoms with Gasteiger partial charge in [0.1, 0.15) is 5.75 Å². The summed E-state index contributed by atoms with van der Waals surface area (Å²) in [5, 5.41) is 8.82. The summed E-state index contributed by atoms with van der Waals surface area (Å²) in [6, 6.07) is 6.56.